The average Bonchev–Trinajstić information content (AvgIpc) is 2.92. The number of amides is 1. The molecule has 2 aliphatic heterocycles. The molecule has 1 aromatic rings. The molecule has 0 bridgehead atoms. The number of carbonyl (C=O) groups excluding carboxylic acids is 1. The van der Waals surface area contributed by atoms with Crippen LogP contribution < -0.4 is 0 Å². The van der Waals surface area contributed by atoms with Gasteiger partial charge in [0.2, 0.25) is 0 Å². The molecule has 3 rings (SSSR count). The highest BCUT2D eigenvalue weighted by Crippen LogP contribution is 2.36. The van der Waals surface area contributed by atoms with E-state index in [1.165, 1.54) is 44.5 Å². The van der Waals surface area contributed by atoms with Crippen molar-refractivity contribution >= 4 is 6.09 Å². The van der Waals surface area contributed by atoms with Gasteiger partial charge in [0.05, 0.1) is 6.04 Å². The largest absolute Gasteiger partial charge is 0.439 e. The van der Waals surface area contributed by atoms with Crippen molar-refractivity contribution in [3.8, 4) is 0 Å². The number of hydrogen-bond donors (Lipinski definition) is 0. The molecule has 2 atom stereocenters. The molecule has 2 fully saturated rings. The summed E-state index contributed by atoms with van der Waals surface area (Å²) in [5, 5.41) is 0. The number of hydrogen-bond acceptors (Lipinski definition) is 3. The Labute approximate surface area is 156 Å². The smallest absolute Gasteiger partial charge is 0.410 e. The fraction of sp³-hybridized carbons (Fsp3) is 0.667. The van der Waals surface area contributed by atoms with E-state index in [9.17, 15) is 9.18 Å². The number of piperidine rings is 1. The molecule has 1 amide bonds. The normalized spacial score (nSPS) is 24.3. The summed E-state index contributed by atoms with van der Waals surface area (Å²) in [7, 11) is 0. The van der Waals surface area contributed by atoms with Gasteiger partial charge in [-0.3, -0.25) is 0 Å². The first-order valence-electron chi connectivity index (χ1n) is 9.99. The number of ether oxygens (including phenoxy) is 1. The van der Waals surface area contributed by atoms with E-state index in [0.29, 0.717) is 5.92 Å². The Bertz CT molecular complexity index is 584. The fourth-order valence-corrected chi connectivity index (χ4v) is 4.13. The molecule has 2 heterocycles. The third-order valence-corrected chi connectivity index (χ3v) is 5.45. The van der Waals surface area contributed by atoms with E-state index in [4.69, 9.17) is 4.74 Å². The van der Waals surface area contributed by atoms with Crippen LogP contribution in [-0.4, -0.2) is 48.1 Å². The van der Waals surface area contributed by atoms with Crippen LogP contribution in [-0.2, 0) is 4.74 Å². The van der Waals surface area contributed by atoms with Crippen molar-refractivity contribution < 1.29 is 13.9 Å². The van der Waals surface area contributed by atoms with Crippen molar-refractivity contribution in [3.05, 3.63) is 35.6 Å². The predicted molar refractivity (Wildman–Crippen MR) is 100 cm³/mol. The third kappa shape index (κ3) is 4.76. The lowest BCUT2D eigenvalue weighted by Gasteiger charge is -2.29. The Balaban J connectivity index is 1.64. The molecule has 4 nitrogen and oxygen atoms in total. The molecule has 2 unspecified atom stereocenters. The molecule has 26 heavy (non-hydrogen) atoms. The summed E-state index contributed by atoms with van der Waals surface area (Å²) in [6.07, 6.45) is 5.23. The summed E-state index contributed by atoms with van der Waals surface area (Å²) < 4.78 is 19.0. The van der Waals surface area contributed by atoms with Crippen LogP contribution in [0.5, 0.6) is 0 Å². The molecular weight excluding hydrogens is 331 g/mol. The number of halogens is 1. The maximum Gasteiger partial charge on any atom is 0.410 e. The minimum Gasteiger partial charge on any atom is -0.439 e. The van der Waals surface area contributed by atoms with Crippen LogP contribution in [0.15, 0.2) is 24.3 Å². The van der Waals surface area contributed by atoms with Gasteiger partial charge >= 0.3 is 6.09 Å². The van der Waals surface area contributed by atoms with Crippen LogP contribution in [0.1, 0.15) is 57.6 Å². The number of rotatable bonds is 7. The van der Waals surface area contributed by atoms with Crippen LogP contribution in [0, 0.1) is 11.7 Å². The Morgan fingerprint density at radius 3 is 2.46 bits per heavy atom. The van der Waals surface area contributed by atoms with Gasteiger partial charge in [0.15, 0.2) is 0 Å². The van der Waals surface area contributed by atoms with Crippen LogP contribution in [0.2, 0.25) is 0 Å². The van der Waals surface area contributed by atoms with Gasteiger partial charge in [0.1, 0.15) is 11.9 Å². The van der Waals surface area contributed by atoms with Gasteiger partial charge in [-0.2, -0.15) is 0 Å². The van der Waals surface area contributed by atoms with Gasteiger partial charge in [-0.25, -0.2) is 9.18 Å². The second-order valence-corrected chi connectivity index (χ2v) is 8.00. The van der Waals surface area contributed by atoms with Gasteiger partial charge in [0, 0.05) is 6.54 Å². The Kier molecular flexibility index (Phi) is 6.52. The quantitative estimate of drug-likeness (QED) is 0.710. The number of likely N-dealkylation sites (tertiary alicyclic amines) is 1. The van der Waals surface area contributed by atoms with Crippen LogP contribution in [0.3, 0.4) is 0 Å². The summed E-state index contributed by atoms with van der Waals surface area (Å²) in [5.41, 5.74) is 0.879. The maximum atomic E-state index is 13.3. The minimum absolute atomic E-state index is 0.0225. The highest BCUT2D eigenvalue weighted by Gasteiger charge is 2.42. The first-order chi connectivity index (χ1) is 12.5. The molecule has 0 radical (unpaired) electrons. The number of nitrogens with zero attached hydrogens (tertiary/aromatic N) is 2. The third-order valence-electron chi connectivity index (χ3n) is 5.45. The molecule has 0 saturated carbocycles. The van der Waals surface area contributed by atoms with Crippen molar-refractivity contribution in [2.24, 2.45) is 5.92 Å². The van der Waals surface area contributed by atoms with E-state index < -0.39 is 0 Å². The standard InChI is InChI=1S/C21H31FN2O2/c1-16(2)15-19-20(17-7-9-18(22)10-8-17)26-21(25)24(19)14-6-13-23-11-4-3-5-12-23/h7-10,16,19-20H,3-6,11-15H2,1-2H3. The molecule has 0 N–H and O–H groups in total. The predicted octanol–water partition coefficient (Wildman–Crippen LogP) is 4.61. The fourth-order valence-electron chi connectivity index (χ4n) is 4.13. The summed E-state index contributed by atoms with van der Waals surface area (Å²) >= 11 is 0. The lowest BCUT2D eigenvalue weighted by atomic mass is 9.94. The zero-order valence-corrected chi connectivity index (χ0v) is 16.0. The molecule has 0 aliphatic carbocycles. The lowest BCUT2D eigenvalue weighted by molar-refractivity contribution is 0.128. The first kappa shape index (κ1) is 19.2. The molecule has 0 spiro atoms. The number of carbonyl (C=O) groups is 1. The summed E-state index contributed by atoms with van der Waals surface area (Å²) in [6, 6.07) is 6.37. The van der Waals surface area contributed by atoms with Crippen molar-refractivity contribution in [1.29, 1.82) is 0 Å². The number of benzene rings is 1. The Morgan fingerprint density at radius 1 is 1.12 bits per heavy atom. The van der Waals surface area contributed by atoms with E-state index in [1.54, 1.807) is 12.1 Å². The monoisotopic (exact) mass is 362 g/mol. The van der Waals surface area contributed by atoms with Gasteiger partial charge in [0.25, 0.3) is 0 Å². The van der Waals surface area contributed by atoms with Gasteiger partial charge < -0.3 is 14.5 Å². The van der Waals surface area contributed by atoms with E-state index in [1.807, 2.05) is 4.90 Å². The van der Waals surface area contributed by atoms with Crippen LogP contribution in [0.4, 0.5) is 9.18 Å². The van der Waals surface area contributed by atoms with Gasteiger partial charge in [-0.15, -0.1) is 0 Å². The van der Waals surface area contributed by atoms with E-state index in [0.717, 1.165) is 31.5 Å². The minimum atomic E-state index is -0.305. The van der Waals surface area contributed by atoms with Crippen molar-refractivity contribution in [3.63, 3.8) is 0 Å². The van der Waals surface area contributed by atoms with Gasteiger partial charge in [-0.1, -0.05) is 32.4 Å². The SMILES string of the molecule is CC(C)CC1C(c2ccc(F)cc2)OC(=O)N1CCCN1CCCCC1. The van der Waals surface area contributed by atoms with Crippen molar-refractivity contribution in [2.75, 3.05) is 26.2 Å². The molecular formula is C21H31FN2O2. The second kappa shape index (κ2) is 8.85. The van der Waals surface area contributed by atoms with Crippen molar-refractivity contribution in [2.45, 2.75) is 58.1 Å². The molecule has 2 aliphatic rings. The second-order valence-electron chi connectivity index (χ2n) is 8.00. The molecule has 144 valence electrons. The molecule has 0 aromatic heterocycles. The first-order valence-corrected chi connectivity index (χ1v) is 9.99. The maximum absolute atomic E-state index is 13.3. The molecule has 2 saturated heterocycles. The molecule has 5 heteroatoms. The molecule has 1 aromatic carbocycles. The van der Waals surface area contributed by atoms with E-state index >= 15 is 0 Å². The van der Waals surface area contributed by atoms with Crippen LogP contribution >= 0.6 is 0 Å². The number of cyclic esters (lactones) is 1. The zero-order valence-electron chi connectivity index (χ0n) is 16.0. The average molecular weight is 362 g/mol. The zero-order chi connectivity index (χ0) is 18.5. The highest BCUT2D eigenvalue weighted by molar-refractivity contribution is 5.71. The Hall–Kier alpha value is -1.62. The van der Waals surface area contributed by atoms with Gasteiger partial charge in [-0.05, 0) is 68.9 Å². The summed E-state index contributed by atoms with van der Waals surface area (Å²) in [5.74, 6) is 0.193. The van der Waals surface area contributed by atoms with E-state index in [2.05, 4.69) is 18.7 Å². The summed E-state index contributed by atoms with van der Waals surface area (Å²) in [4.78, 5) is 16.9. The lowest BCUT2D eigenvalue weighted by Crippen LogP contribution is -2.38. The Morgan fingerprint density at radius 2 is 1.81 bits per heavy atom. The topological polar surface area (TPSA) is 32.8 Å². The summed E-state index contributed by atoms with van der Waals surface area (Å²) in [6.45, 7) is 8.45. The van der Waals surface area contributed by atoms with Crippen LogP contribution in [0.25, 0.3) is 0 Å². The van der Waals surface area contributed by atoms with E-state index in [-0.39, 0.29) is 24.1 Å². The van der Waals surface area contributed by atoms with Crippen molar-refractivity contribution in [1.82, 2.24) is 9.80 Å². The highest BCUT2D eigenvalue weighted by atomic mass is 19.1.